The molecule has 0 amide bonds. The van der Waals surface area contributed by atoms with Gasteiger partial charge in [0.25, 0.3) is 0 Å². The lowest BCUT2D eigenvalue weighted by atomic mass is 10.1. The highest BCUT2D eigenvalue weighted by atomic mass is 32.1. The second kappa shape index (κ2) is 11.0. The summed E-state index contributed by atoms with van der Waals surface area (Å²) in [7, 11) is 0. The van der Waals surface area contributed by atoms with Crippen molar-refractivity contribution in [2.45, 2.75) is 13.8 Å². The second-order valence-electron chi connectivity index (χ2n) is 13.6. The van der Waals surface area contributed by atoms with E-state index in [0.29, 0.717) is 0 Å². The Balaban J connectivity index is 1.13. The van der Waals surface area contributed by atoms with Gasteiger partial charge in [-0.05, 0) is 92.2 Å². The zero-order valence-corrected chi connectivity index (χ0v) is 29.5. The van der Waals surface area contributed by atoms with Crippen molar-refractivity contribution in [1.29, 1.82) is 0 Å². The van der Waals surface area contributed by atoms with Gasteiger partial charge in [-0.1, -0.05) is 78.9 Å². The zero-order chi connectivity index (χ0) is 34.5. The van der Waals surface area contributed by atoms with Gasteiger partial charge in [0.15, 0.2) is 5.82 Å². The van der Waals surface area contributed by atoms with E-state index < -0.39 is 0 Å². The normalized spacial score (nSPS) is 12.3. The summed E-state index contributed by atoms with van der Waals surface area (Å²) in [5, 5.41) is 8.77. The van der Waals surface area contributed by atoms with Crippen molar-refractivity contribution in [2.75, 3.05) is 0 Å². The largest absolute Gasteiger partial charge is 0.309 e. The first kappa shape index (κ1) is 29.3. The number of hydrogen-bond donors (Lipinski definition) is 0. The fourth-order valence-electron chi connectivity index (χ4n) is 8.56. The lowest BCUT2D eigenvalue weighted by Gasteiger charge is -2.11. The van der Waals surface area contributed by atoms with Crippen LogP contribution < -0.4 is 0 Å². The fourth-order valence-corrected chi connectivity index (χ4v) is 9.71. The summed E-state index contributed by atoms with van der Waals surface area (Å²) in [5.41, 5.74) is 10.7. The third-order valence-electron chi connectivity index (χ3n) is 10.8. The van der Waals surface area contributed by atoms with Crippen LogP contribution in [0.25, 0.3) is 98.0 Å². The molecule has 5 aromatic heterocycles. The SMILES string of the molecule is C/C=C\c1c(C)c2cc(-n3c4ccccc4c4ccccc43)ccc2n1-c1nccc2c1sc1ccc(-n3c4ccccc4c4ccccc43)cc12. The first-order valence-corrected chi connectivity index (χ1v) is 18.6. The molecule has 0 atom stereocenters. The van der Waals surface area contributed by atoms with E-state index in [-0.39, 0.29) is 0 Å². The summed E-state index contributed by atoms with van der Waals surface area (Å²) in [5.74, 6) is 0.966. The monoisotopic (exact) mass is 684 g/mol. The fraction of sp³-hybridized carbons (Fsp3) is 0.0426. The van der Waals surface area contributed by atoms with Crippen molar-refractivity contribution in [3.05, 3.63) is 163 Å². The van der Waals surface area contributed by atoms with Gasteiger partial charge in [-0.15, -0.1) is 11.3 Å². The predicted molar refractivity (Wildman–Crippen MR) is 222 cm³/mol. The summed E-state index contributed by atoms with van der Waals surface area (Å²) in [4.78, 5) is 5.12. The van der Waals surface area contributed by atoms with E-state index >= 15 is 0 Å². The summed E-state index contributed by atoms with van der Waals surface area (Å²) in [6.07, 6.45) is 6.34. The molecule has 0 aliphatic carbocycles. The van der Waals surface area contributed by atoms with Crippen molar-refractivity contribution in [2.24, 2.45) is 0 Å². The Labute approximate surface area is 303 Å². The number of allylic oxidation sites excluding steroid dienone is 1. The van der Waals surface area contributed by atoms with Crippen molar-refractivity contribution in [3.8, 4) is 17.2 Å². The number of fused-ring (bicyclic) bond motifs is 10. The van der Waals surface area contributed by atoms with Gasteiger partial charge in [-0.2, -0.15) is 0 Å². The van der Waals surface area contributed by atoms with Gasteiger partial charge < -0.3 is 9.13 Å². The maximum Gasteiger partial charge on any atom is 0.155 e. The van der Waals surface area contributed by atoms with Crippen LogP contribution in [-0.4, -0.2) is 18.7 Å². The van der Waals surface area contributed by atoms with Crippen LogP contribution >= 0.6 is 11.3 Å². The van der Waals surface area contributed by atoms with Crippen LogP contribution in [0.5, 0.6) is 0 Å². The van der Waals surface area contributed by atoms with Gasteiger partial charge in [0.2, 0.25) is 0 Å². The Morgan fingerprint density at radius 1 is 0.500 bits per heavy atom. The van der Waals surface area contributed by atoms with Crippen molar-refractivity contribution < 1.29 is 0 Å². The topological polar surface area (TPSA) is 27.7 Å². The minimum Gasteiger partial charge on any atom is -0.309 e. The van der Waals surface area contributed by atoms with E-state index in [0.717, 1.165) is 28.4 Å². The van der Waals surface area contributed by atoms with Crippen molar-refractivity contribution in [1.82, 2.24) is 18.7 Å². The molecule has 4 nitrogen and oxygen atoms in total. The van der Waals surface area contributed by atoms with E-state index in [2.05, 4.69) is 179 Å². The molecule has 11 aromatic rings. The number of rotatable bonds is 4. The molecule has 5 heterocycles. The zero-order valence-electron chi connectivity index (χ0n) is 28.7. The molecule has 11 rings (SSSR count). The molecule has 5 heteroatoms. The number of hydrogen-bond acceptors (Lipinski definition) is 2. The van der Waals surface area contributed by atoms with Crippen LogP contribution in [0.4, 0.5) is 0 Å². The molecule has 0 aliphatic heterocycles. The Morgan fingerprint density at radius 2 is 1.00 bits per heavy atom. The summed E-state index contributed by atoms with van der Waals surface area (Å²) in [6, 6.07) is 50.8. The Hall–Kier alpha value is -6.43. The van der Waals surface area contributed by atoms with E-state index in [9.17, 15) is 0 Å². The van der Waals surface area contributed by atoms with Crippen LogP contribution in [0.2, 0.25) is 0 Å². The molecule has 0 spiro atoms. The molecule has 0 fully saturated rings. The maximum absolute atomic E-state index is 5.12. The highest BCUT2D eigenvalue weighted by Crippen LogP contribution is 2.42. The van der Waals surface area contributed by atoms with E-state index in [1.54, 1.807) is 0 Å². The molecule has 6 aromatic carbocycles. The number of thiophene rings is 1. The summed E-state index contributed by atoms with van der Waals surface area (Å²) >= 11 is 1.82. The molecule has 52 heavy (non-hydrogen) atoms. The van der Waals surface area contributed by atoms with Crippen LogP contribution in [0.3, 0.4) is 0 Å². The molecular formula is C47H32N4S. The van der Waals surface area contributed by atoms with Crippen molar-refractivity contribution in [3.63, 3.8) is 0 Å². The quantitative estimate of drug-likeness (QED) is 0.181. The second-order valence-corrected chi connectivity index (χ2v) is 14.6. The van der Waals surface area contributed by atoms with Crippen LogP contribution in [-0.2, 0) is 0 Å². The molecular weight excluding hydrogens is 653 g/mol. The third-order valence-corrected chi connectivity index (χ3v) is 12.0. The lowest BCUT2D eigenvalue weighted by Crippen LogP contribution is -2.00. The molecule has 246 valence electrons. The minimum atomic E-state index is 0.966. The average Bonchev–Trinajstić information content (AvgIpc) is 3.91. The first-order valence-electron chi connectivity index (χ1n) is 17.8. The smallest absolute Gasteiger partial charge is 0.155 e. The molecule has 0 saturated carbocycles. The molecule has 0 saturated heterocycles. The Bertz CT molecular complexity index is 3170. The molecule has 0 unspecified atom stereocenters. The highest BCUT2D eigenvalue weighted by Gasteiger charge is 2.21. The van der Waals surface area contributed by atoms with Crippen molar-refractivity contribution >= 4 is 92.1 Å². The third kappa shape index (κ3) is 4.00. The van der Waals surface area contributed by atoms with Gasteiger partial charge in [0, 0.05) is 60.0 Å². The Morgan fingerprint density at radius 3 is 1.56 bits per heavy atom. The highest BCUT2D eigenvalue weighted by molar-refractivity contribution is 7.26. The number of aromatic nitrogens is 4. The number of benzene rings is 6. The van der Waals surface area contributed by atoms with Gasteiger partial charge in [0.1, 0.15) is 0 Å². The van der Waals surface area contributed by atoms with Gasteiger partial charge in [0.05, 0.1) is 38.0 Å². The summed E-state index contributed by atoms with van der Waals surface area (Å²) in [6.45, 7) is 4.33. The van der Waals surface area contributed by atoms with Gasteiger partial charge in [-0.3, -0.25) is 4.57 Å². The number of para-hydroxylation sites is 4. The first-order chi connectivity index (χ1) is 25.7. The van der Waals surface area contributed by atoms with E-state index in [1.165, 1.54) is 74.7 Å². The maximum atomic E-state index is 5.12. The average molecular weight is 685 g/mol. The van der Waals surface area contributed by atoms with E-state index in [1.807, 2.05) is 17.5 Å². The predicted octanol–water partition coefficient (Wildman–Crippen LogP) is 12.9. The van der Waals surface area contributed by atoms with Gasteiger partial charge in [-0.25, -0.2) is 4.98 Å². The standard InChI is InChI=1S/C47H32N4S/c1-3-12-39-29(2)37-27-30(49-40-17-8-4-13-32(40)33-14-5-9-18-41(33)49)21-23-44(37)51(39)47-46-36(25-26-48-47)38-28-31(22-24-45(38)52-46)50-42-19-10-6-15-34(42)35-16-7-11-20-43(35)50/h3-28H,1-2H3/b12-3-. The van der Waals surface area contributed by atoms with Crippen LogP contribution in [0.1, 0.15) is 18.2 Å². The number of aryl methyl sites for hydroxylation is 1. The number of nitrogens with zero attached hydrogens (tertiary/aromatic N) is 4. The molecule has 0 aliphatic rings. The molecule has 0 radical (unpaired) electrons. The van der Waals surface area contributed by atoms with Crippen LogP contribution in [0.15, 0.2) is 152 Å². The number of pyridine rings is 1. The van der Waals surface area contributed by atoms with Crippen LogP contribution in [0, 0.1) is 6.92 Å². The summed E-state index contributed by atoms with van der Waals surface area (Å²) < 4.78 is 9.60. The van der Waals surface area contributed by atoms with Gasteiger partial charge >= 0.3 is 0 Å². The van der Waals surface area contributed by atoms with E-state index in [4.69, 9.17) is 4.98 Å². The minimum absolute atomic E-state index is 0.966. The lowest BCUT2D eigenvalue weighted by molar-refractivity contribution is 1.04. The Kier molecular flexibility index (Phi) is 6.22. The molecule has 0 N–H and O–H groups in total. The molecule has 0 bridgehead atoms.